The Hall–Kier alpha value is -4.23. The molecule has 9 atom stereocenters. The molecular weight excluding hydrogens is 724 g/mol. The molecule has 17 nitrogen and oxygen atoms in total. The number of unbranched alkanes of at least 4 members (excludes halogenated alkanes) is 1. The third kappa shape index (κ3) is 13.3. The van der Waals surface area contributed by atoms with Crippen molar-refractivity contribution in [2.75, 3.05) is 19.7 Å². The predicted molar refractivity (Wildman–Crippen MR) is 200 cm³/mol. The Morgan fingerprint density at radius 1 is 0.870 bits per heavy atom. The van der Waals surface area contributed by atoms with Crippen molar-refractivity contribution in [1.82, 2.24) is 26.6 Å². The van der Waals surface area contributed by atoms with E-state index in [0.717, 1.165) is 11.1 Å². The summed E-state index contributed by atoms with van der Waals surface area (Å²) < 4.78 is 5.26. The van der Waals surface area contributed by atoms with Crippen molar-refractivity contribution in [1.29, 1.82) is 0 Å². The second kappa shape index (κ2) is 21.6. The molecule has 1 aliphatic heterocycles. The van der Waals surface area contributed by atoms with E-state index in [9.17, 15) is 33.9 Å². The van der Waals surface area contributed by atoms with Crippen molar-refractivity contribution in [2.45, 2.75) is 106 Å². The third-order valence-electron chi connectivity index (χ3n) is 8.89. The molecule has 1 aliphatic carbocycles. The molecule has 1 saturated heterocycles. The summed E-state index contributed by atoms with van der Waals surface area (Å²) in [4.78, 5) is 78.4. The van der Waals surface area contributed by atoms with Crippen molar-refractivity contribution in [3.63, 3.8) is 0 Å². The summed E-state index contributed by atoms with van der Waals surface area (Å²) in [6, 6.07) is 1.83. The number of allylic oxidation sites excluding steroid dienone is 4. The summed E-state index contributed by atoms with van der Waals surface area (Å²) in [5, 5.41) is 31.7. The largest absolute Gasteiger partial charge is 0.396 e. The molecule has 0 spiro atoms. The standard InChI is InChI=1S/C36H53ClN8O9/c1-19(29(48)30-27(54-30)15-18-46)41-33(50)25(5-3-4-16-38)43-36(53)31(40)45-35(52)28(20(2)47)44-34(51)26(14-17-39)42-32(49)23-8-6-21(7-9-23)22-10-12-24(37)13-11-22/h6-12,19-20,24-28,30-31,46-47H,3-5,13-18,38-40H2,1-2H3,(H,41,50)(H,42,49)(H,43,53)(H,44,51)(H,45,52)/t19-,20+,24?,25-,26-,27?,28-,30?,31+/m0/s1. The molecule has 13 N–H and O–H groups in total. The molecule has 1 fully saturated rings. The Balaban J connectivity index is 1.59. The topological polar surface area (TPSA) is 294 Å². The summed E-state index contributed by atoms with van der Waals surface area (Å²) in [5.41, 5.74) is 19.4. The summed E-state index contributed by atoms with van der Waals surface area (Å²) in [7, 11) is 0. The Bertz CT molecular complexity index is 1540. The van der Waals surface area contributed by atoms with Gasteiger partial charge in [-0.05, 0) is 88.7 Å². The molecule has 1 heterocycles. The van der Waals surface area contributed by atoms with Gasteiger partial charge < -0.3 is 58.7 Å². The van der Waals surface area contributed by atoms with Gasteiger partial charge in [0.25, 0.3) is 11.8 Å². The molecule has 54 heavy (non-hydrogen) atoms. The maximum Gasteiger partial charge on any atom is 0.258 e. The minimum absolute atomic E-state index is 0.00149. The van der Waals surface area contributed by atoms with Crippen LogP contribution in [0.4, 0.5) is 0 Å². The lowest BCUT2D eigenvalue weighted by atomic mass is 9.98. The molecule has 3 rings (SSSR count). The number of hydrogen-bond donors (Lipinski definition) is 10. The van der Waals surface area contributed by atoms with Gasteiger partial charge in [-0.15, -0.1) is 11.6 Å². The number of carbonyl (C=O) groups excluding carboxylic acids is 6. The zero-order valence-electron chi connectivity index (χ0n) is 30.5. The van der Waals surface area contributed by atoms with Crippen molar-refractivity contribution in [3.05, 3.63) is 53.6 Å². The molecule has 1 aromatic carbocycles. The fourth-order valence-electron chi connectivity index (χ4n) is 5.66. The number of aliphatic hydroxyl groups excluding tert-OH is 2. The molecule has 0 aromatic heterocycles. The van der Waals surface area contributed by atoms with E-state index in [1.54, 1.807) is 24.3 Å². The number of amides is 5. The van der Waals surface area contributed by atoms with Gasteiger partial charge in [0, 0.05) is 12.2 Å². The van der Waals surface area contributed by atoms with Crippen LogP contribution in [-0.4, -0.2) is 119 Å². The van der Waals surface area contributed by atoms with Gasteiger partial charge in [-0.25, -0.2) is 0 Å². The summed E-state index contributed by atoms with van der Waals surface area (Å²) in [6.07, 6.45) is 3.50. The lowest BCUT2D eigenvalue weighted by Crippen LogP contribution is -2.63. The van der Waals surface area contributed by atoms with Crippen LogP contribution in [0.3, 0.4) is 0 Å². The number of hydrogen-bond acceptors (Lipinski definition) is 12. The van der Waals surface area contributed by atoms with Crippen LogP contribution in [0.2, 0.25) is 0 Å². The highest BCUT2D eigenvalue weighted by Gasteiger charge is 2.46. The van der Waals surface area contributed by atoms with Crippen molar-refractivity contribution in [3.8, 4) is 0 Å². The number of ether oxygens (including phenoxy) is 1. The SMILES string of the molecule is C[C@H](NC(=O)[C@H](CCCCN)NC(=O)[C@H](N)NC(=O)[C@@H](NC(=O)[C@H](CCN)NC(=O)c1ccc(C2=CCC(Cl)C=C2)cc1)[C@@H](C)O)C(=O)C1OC1CCO. The Labute approximate surface area is 319 Å². The van der Waals surface area contributed by atoms with Crippen LogP contribution in [0.5, 0.6) is 0 Å². The highest BCUT2D eigenvalue weighted by atomic mass is 35.5. The smallest absolute Gasteiger partial charge is 0.258 e. The molecule has 2 aliphatic rings. The van der Waals surface area contributed by atoms with Crippen molar-refractivity contribution in [2.24, 2.45) is 17.2 Å². The first-order valence-corrected chi connectivity index (χ1v) is 18.4. The molecule has 1 aromatic rings. The molecule has 3 unspecified atom stereocenters. The Morgan fingerprint density at radius 2 is 1.54 bits per heavy atom. The maximum atomic E-state index is 13.3. The van der Waals surface area contributed by atoms with Gasteiger partial charge in [0.15, 0.2) is 11.9 Å². The number of carbonyl (C=O) groups is 6. The van der Waals surface area contributed by atoms with Crippen LogP contribution in [0.15, 0.2) is 42.5 Å². The highest BCUT2D eigenvalue weighted by Crippen LogP contribution is 2.27. The average Bonchev–Trinajstić information content (AvgIpc) is 3.92. The second-order valence-corrected chi connectivity index (χ2v) is 13.8. The first-order valence-electron chi connectivity index (χ1n) is 18.0. The molecule has 0 saturated carbocycles. The van der Waals surface area contributed by atoms with Gasteiger partial charge in [0.1, 0.15) is 24.2 Å². The van der Waals surface area contributed by atoms with Gasteiger partial charge in [-0.3, -0.25) is 28.8 Å². The monoisotopic (exact) mass is 776 g/mol. The number of ketones is 1. The molecule has 298 valence electrons. The Kier molecular flexibility index (Phi) is 17.7. The van der Waals surface area contributed by atoms with E-state index in [-0.39, 0.29) is 49.1 Å². The first kappa shape index (κ1) is 44.2. The highest BCUT2D eigenvalue weighted by molar-refractivity contribution is 6.22. The summed E-state index contributed by atoms with van der Waals surface area (Å²) in [5.74, 6) is -4.44. The second-order valence-electron chi connectivity index (χ2n) is 13.2. The molecule has 18 heteroatoms. The molecule has 0 bridgehead atoms. The fraction of sp³-hybridized carbons (Fsp3) is 0.556. The number of alkyl halides is 1. The molecular formula is C36H53ClN8O9. The third-order valence-corrected chi connectivity index (χ3v) is 9.21. The Morgan fingerprint density at radius 3 is 2.13 bits per heavy atom. The zero-order chi connectivity index (χ0) is 39.9. The minimum Gasteiger partial charge on any atom is -0.396 e. The summed E-state index contributed by atoms with van der Waals surface area (Å²) >= 11 is 6.10. The van der Waals surface area contributed by atoms with Crippen molar-refractivity contribution >= 4 is 52.5 Å². The minimum atomic E-state index is -1.72. The van der Waals surface area contributed by atoms with Gasteiger partial charge in [-0.2, -0.15) is 0 Å². The molecule has 5 amide bonds. The van der Waals surface area contributed by atoms with Gasteiger partial charge in [-0.1, -0.05) is 30.4 Å². The predicted octanol–water partition coefficient (Wildman–Crippen LogP) is -1.81. The fourth-order valence-corrected chi connectivity index (χ4v) is 5.82. The van der Waals surface area contributed by atoms with Crippen LogP contribution in [0.1, 0.15) is 68.3 Å². The number of benzene rings is 1. The number of rotatable bonds is 22. The number of aliphatic hydroxyl groups is 2. The quantitative estimate of drug-likeness (QED) is 0.0270. The zero-order valence-corrected chi connectivity index (χ0v) is 31.2. The van der Waals surface area contributed by atoms with E-state index in [1.165, 1.54) is 13.8 Å². The lowest BCUT2D eigenvalue weighted by molar-refractivity contribution is -0.136. The maximum absolute atomic E-state index is 13.3. The van der Waals surface area contributed by atoms with E-state index < -0.39 is 78.2 Å². The van der Waals surface area contributed by atoms with Crippen LogP contribution in [-0.2, 0) is 28.7 Å². The van der Waals surface area contributed by atoms with Crippen LogP contribution in [0.25, 0.3) is 5.57 Å². The first-order chi connectivity index (χ1) is 25.7. The van der Waals surface area contributed by atoms with Gasteiger partial charge >= 0.3 is 0 Å². The lowest BCUT2D eigenvalue weighted by Gasteiger charge is -2.26. The number of nitrogens with two attached hydrogens (primary N) is 3. The van der Waals surface area contributed by atoms with Crippen LogP contribution in [0, 0.1) is 0 Å². The number of Topliss-reactive ketones (excluding diaryl/α,β-unsaturated/α-hetero) is 1. The van der Waals surface area contributed by atoms with Gasteiger partial charge in [0.05, 0.1) is 23.6 Å². The van der Waals surface area contributed by atoms with E-state index in [0.29, 0.717) is 25.8 Å². The van der Waals surface area contributed by atoms with E-state index in [1.807, 2.05) is 18.2 Å². The normalized spacial score (nSPS) is 20.9. The van der Waals surface area contributed by atoms with Crippen molar-refractivity contribution < 1.29 is 43.7 Å². The molecule has 0 radical (unpaired) electrons. The van der Waals surface area contributed by atoms with E-state index >= 15 is 0 Å². The van der Waals surface area contributed by atoms with Crippen LogP contribution < -0.4 is 43.8 Å². The van der Waals surface area contributed by atoms with E-state index in [2.05, 4.69) is 26.6 Å². The number of epoxide rings is 1. The number of nitrogens with one attached hydrogen (secondary N) is 5. The summed E-state index contributed by atoms with van der Waals surface area (Å²) in [6.45, 7) is 2.89. The van der Waals surface area contributed by atoms with E-state index in [4.69, 9.17) is 38.6 Å². The average molecular weight is 777 g/mol. The van der Waals surface area contributed by atoms with Gasteiger partial charge in [0.2, 0.25) is 17.7 Å². The van der Waals surface area contributed by atoms with Crippen LogP contribution >= 0.6 is 11.6 Å². The number of halogens is 1.